The number of carbonyl (C=O) groups excluding carboxylic acids is 1. The van der Waals surface area contributed by atoms with Gasteiger partial charge in [-0.1, -0.05) is 101 Å². The van der Waals surface area contributed by atoms with E-state index in [2.05, 4.69) is 56.9 Å². The zero-order valence-corrected chi connectivity index (χ0v) is 19.3. The second-order valence-electron chi connectivity index (χ2n) is 9.65. The molecule has 1 fully saturated rings. The standard InChI is InChI=1S/C28H37NO2/c1-5-25(31-24-14-10-7-11-15-24)26(22-16-18-23(19-17-22)28(2,3)4)27(30)29-20-21-12-8-6-9-13-21/h5-6,8-9,12-13,16-19,24-26H,1,7,10-11,14-15,20H2,2-4H3,(H,29,30)/t25-,26-/m1/s1. The van der Waals surface area contributed by atoms with Gasteiger partial charge in [-0.3, -0.25) is 4.79 Å². The van der Waals surface area contributed by atoms with Gasteiger partial charge in [0.15, 0.2) is 0 Å². The quantitative estimate of drug-likeness (QED) is 0.511. The Balaban J connectivity index is 1.82. The monoisotopic (exact) mass is 419 g/mol. The van der Waals surface area contributed by atoms with Crippen LogP contribution in [0.3, 0.4) is 0 Å². The van der Waals surface area contributed by atoms with Crippen molar-refractivity contribution in [2.45, 2.75) is 83.0 Å². The van der Waals surface area contributed by atoms with Gasteiger partial charge in [0, 0.05) is 6.54 Å². The predicted molar refractivity (Wildman–Crippen MR) is 128 cm³/mol. The minimum atomic E-state index is -0.419. The molecule has 1 N–H and O–H groups in total. The summed E-state index contributed by atoms with van der Waals surface area (Å²) in [5.74, 6) is -0.440. The lowest BCUT2D eigenvalue weighted by atomic mass is 9.84. The Labute approximate surface area is 187 Å². The van der Waals surface area contributed by atoms with Gasteiger partial charge in [0.2, 0.25) is 5.91 Å². The fourth-order valence-electron chi connectivity index (χ4n) is 4.27. The molecule has 0 aliphatic heterocycles. The molecular weight excluding hydrogens is 382 g/mol. The molecule has 1 amide bonds. The summed E-state index contributed by atoms with van der Waals surface area (Å²) in [7, 11) is 0. The molecule has 0 unspecified atom stereocenters. The first kappa shape index (κ1) is 23.3. The normalized spacial score (nSPS) is 17.0. The molecule has 166 valence electrons. The molecule has 0 saturated heterocycles. The molecule has 0 spiro atoms. The van der Waals surface area contributed by atoms with Crippen LogP contribution in [0.2, 0.25) is 0 Å². The van der Waals surface area contributed by atoms with E-state index in [0.29, 0.717) is 6.54 Å². The van der Waals surface area contributed by atoms with Crippen molar-refractivity contribution in [3.05, 3.63) is 83.9 Å². The van der Waals surface area contributed by atoms with E-state index in [0.717, 1.165) is 24.0 Å². The maximum absolute atomic E-state index is 13.4. The molecule has 2 aromatic rings. The third-order valence-electron chi connectivity index (χ3n) is 6.19. The van der Waals surface area contributed by atoms with Crippen molar-refractivity contribution < 1.29 is 9.53 Å². The Morgan fingerprint density at radius 3 is 2.29 bits per heavy atom. The first-order valence-electron chi connectivity index (χ1n) is 11.6. The predicted octanol–water partition coefficient (Wildman–Crippen LogP) is 6.29. The number of benzene rings is 2. The second-order valence-corrected chi connectivity index (χ2v) is 9.65. The average molecular weight is 420 g/mol. The lowest BCUT2D eigenvalue weighted by molar-refractivity contribution is -0.127. The van der Waals surface area contributed by atoms with Crippen LogP contribution in [-0.4, -0.2) is 18.1 Å². The van der Waals surface area contributed by atoms with Gasteiger partial charge in [-0.25, -0.2) is 0 Å². The number of hydrogen-bond donors (Lipinski definition) is 1. The Morgan fingerprint density at radius 2 is 1.71 bits per heavy atom. The van der Waals surface area contributed by atoms with E-state index in [1.807, 2.05) is 30.3 Å². The highest BCUT2D eigenvalue weighted by Gasteiger charge is 2.31. The highest BCUT2D eigenvalue weighted by atomic mass is 16.5. The van der Waals surface area contributed by atoms with E-state index >= 15 is 0 Å². The molecule has 1 aliphatic rings. The van der Waals surface area contributed by atoms with Crippen LogP contribution in [0.25, 0.3) is 0 Å². The summed E-state index contributed by atoms with van der Waals surface area (Å²) in [5, 5.41) is 3.13. The number of carbonyl (C=O) groups is 1. The highest BCUT2D eigenvalue weighted by molar-refractivity contribution is 5.84. The molecule has 3 heteroatoms. The Morgan fingerprint density at radius 1 is 1.06 bits per heavy atom. The second kappa shape index (κ2) is 10.8. The van der Waals surface area contributed by atoms with E-state index in [-0.39, 0.29) is 23.5 Å². The zero-order chi connectivity index (χ0) is 22.3. The van der Waals surface area contributed by atoms with Crippen LogP contribution >= 0.6 is 0 Å². The molecule has 31 heavy (non-hydrogen) atoms. The number of hydrogen-bond acceptors (Lipinski definition) is 2. The van der Waals surface area contributed by atoms with Gasteiger partial charge in [0.25, 0.3) is 0 Å². The number of rotatable bonds is 8. The molecule has 0 heterocycles. The van der Waals surface area contributed by atoms with Crippen LogP contribution < -0.4 is 5.32 Å². The van der Waals surface area contributed by atoms with E-state index in [4.69, 9.17) is 4.74 Å². The van der Waals surface area contributed by atoms with E-state index in [9.17, 15) is 4.79 Å². The Bertz CT molecular complexity index is 830. The summed E-state index contributed by atoms with van der Waals surface area (Å²) in [6.45, 7) is 11.1. The molecule has 1 aliphatic carbocycles. The Kier molecular flexibility index (Phi) is 8.09. The van der Waals surface area contributed by atoms with Crippen molar-refractivity contribution in [2.24, 2.45) is 0 Å². The van der Waals surface area contributed by atoms with Gasteiger partial charge in [-0.05, 0) is 34.9 Å². The smallest absolute Gasteiger partial charge is 0.230 e. The molecule has 2 aromatic carbocycles. The molecule has 2 atom stereocenters. The van der Waals surface area contributed by atoms with Gasteiger partial charge < -0.3 is 10.1 Å². The fourth-order valence-corrected chi connectivity index (χ4v) is 4.27. The summed E-state index contributed by atoms with van der Waals surface area (Å²) in [5.41, 5.74) is 3.38. The van der Waals surface area contributed by atoms with Crippen LogP contribution in [0.1, 0.15) is 75.5 Å². The summed E-state index contributed by atoms with van der Waals surface area (Å²) in [4.78, 5) is 13.4. The number of nitrogens with one attached hydrogen (secondary N) is 1. The summed E-state index contributed by atoms with van der Waals surface area (Å²) >= 11 is 0. The van der Waals surface area contributed by atoms with E-state index in [1.165, 1.54) is 24.8 Å². The maximum atomic E-state index is 13.4. The van der Waals surface area contributed by atoms with Crippen molar-refractivity contribution in [3.8, 4) is 0 Å². The topological polar surface area (TPSA) is 38.3 Å². The third kappa shape index (κ3) is 6.54. The van der Waals surface area contributed by atoms with E-state index in [1.54, 1.807) is 6.08 Å². The average Bonchev–Trinajstić information content (AvgIpc) is 2.78. The van der Waals surface area contributed by atoms with Crippen LogP contribution in [0, 0.1) is 0 Å². The minimum absolute atomic E-state index is 0.0203. The molecule has 3 rings (SSSR count). The minimum Gasteiger partial charge on any atom is -0.370 e. The fraction of sp³-hybridized carbons (Fsp3) is 0.464. The lowest BCUT2D eigenvalue weighted by Gasteiger charge is -2.31. The molecular formula is C28H37NO2. The van der Waals surface area contributed by atoms with Gasteiger partial charge in [0.05, 0.1) is 18.1 Å². The van der Waals surface area contributed by atoms with Gasteiger partial charge in [-0.15, -0.1) is 6.58 Å². The molecule has 1 saturated carbocycles. The van der Waals surface area contributed by atoms with Crippen molar-refractivity contribution in [3.63, 3.8) is 0 Å². The van der Waals surface area contributed by atoms with Crippen molar-refractivity contribution in [1.29, 1.82) is 0 Å². The van der Waals surface area contributed by atoms with Crippen molar-refractivity contribution >= 4 is 5.91 Å². The van der Waals surface area contributed by atoms with Crippen molar-refractivity contribution in [1.82, 2.24) is 5.32 Å². The van der Waals surface area contributed by atoms with Crippen LogP contribution in [0.5, 0.6) is 0 Å². The van der Waals surface area contributed by atoms with Gasteiger partial charge in [-0.2, -0.15) is 0 Å². The number of amides is 1. The highest BCUT2D eigenvalue weighted by Crippen LogP contribution is 2.30. The first-order chi connectivity index (χ1) is 14.9. The van der Waals surface area contributed by atoms with Crippen molar-refractivity contribution in [2.75, 3.05) is 0 Å². The van der Waals surface area contributed by atoms with Gasteiger partial charge in [0.1, 0.15) is 0 Å². The SMILES string of the molecule is C=C[C@@H](OC1CCCCC1)[C@H](C(=O)NCc1ccccc1)c1ccc(C(C)(C)C)cc1. The molecule has 0 radical (unpaired) electrons. The number of ether oxygens (including phenoxy) is 1. The Hall–Kier alpha value is -2.39. The zero-order valence-electron chi connectivity index (χ0n) is 19.3. The summed E-state index contributed by atoms with van der Waals surface area (Å²) in [6, 6.07) is 18.4. The molecule has 0 bridgehead atoms. The molecule has 0 aromatic heterocycles. The summed E-state index contributed by atoms with van der Waals surface area (Å²) in [6.07, 6.45) is 7.44. The van der Waals surface area contributed by atoms with E-state index < -0.39 is 5.92 Å². The lowest BCUT2D eigenvalue weighted by Crippen LogP contribution is -2.38. The molecule has 3 nitrogen and oxygen atoms in total. The third-order valence-corrected chi connectivity index (χ3v) is 6.19. The van der Waals surface area contributed by atoms with Crippen LogP contribution in [0.15, 0.2) is 67.3 Å². The van der Waals surface area contributed by atoms with Crippen LogP contribution in [-0.2, 0) is 21.5 Å². The van der Waals surface area contributed by atoms with Gasteiger partial charge >= 0.3 is 0 Å². The summed E-state index contributed by atoms with van der Waals surface area (Å²) < 4.78 is 6.45. The van der Waals surface area contributed by atoms with Crippen LogP contribution in [0.4, 0.5) is 0 Å². The largest absolute Gasteiger partial charge is 0.370 e. The first-order valence-corrected chi connectivity index (χ1v) is 11.6. The maximum Gasteiger partial charge on any atom is 0.230 e.